The van der Waals surface area contributed by atoms with Crippen LogP contribution in [0.1, 0.15) is 18.4 Å². The number of amides is 2. The van der Waals surface area contributed by atoms with Crippen molar-refractivity contribution in [3.05, 3.63) is 23.8 Å². The molecule has 0 saturated carbocycles. The highest BCUT2D eigenvalue weighted by molar-refractivity contribution is 7.89. The van der Waals surface area contributed by atoms with Gasteiger partial charge in [-0.25, -0.2) is 18.4 Å². The zero-order valence-corrected chi connectivity index (χ0v) is 13.6. The van der Waals surface area contributed by atoms with E-state index in [-0.39, 0.29) is 24.5 Å². The molecule has 0 unspecified atom stereocenters. The van der Waals surface area contributed by atoms with Gasteiger partial charge in [-0.3, -0.25) is 9.69 Å². The summed E-state index contributed by atoms with van der Waals surface area (Å²) < 4.78 is 26.6. The van der Waals surface area contributed by atoms with Crippen molar-refractivity contribution < 1.29 is 22.7 Å². The summed E-state index contributed by atoms with van der Waals surface area (Å²) in [7, 11) is -3.56. The minimum atomic E-state index is -3.56. The monoisotopic (exact) mass is 341 g/mol. The molecule has 8 nitrogen and oxygen atoms in total. The van der Waals surface area contributed by atoms with Crippen molar-refractivity contribution in [1.82, 2.24) is 0 Å². The van der Waals surface area contributed by atoms with Crippen LogP contribution in [-0.4, -0.2) is 39.3 Å². The van der Waals surface area contributed by atoms with Crippen molar-refractivity contribution >= 4 is 33.4 Å². The lowest BCUT2D eigenvalue weighted by atomic mass is 10.1. The second-order valence-corrected chi connectivity index (χ2v) is 6.97. The van der Waals surface area contributed by atoms with Gasteiger partial charge in [-0.1, -0.05) is 6.07 Å². The summed E-state index contributed by atoms with van der Waals surface area (Å²) in [5.74, 6) is -0.545. The summed E-state index contributed by atoms with van der Waals surface area (Å²) in [6.07, 6.45) is -0.210. The number of hydrogen-bond acceptors (Lipinski definition) is 5. The quantitative estimate of drug-likeness (QED) is 0.799. The van der Waals surface area contributed by atoms with Crippen molar-refractivity contribution in [1.29, 1.82) is 0 Å². The first kappa shape index (κ1) is 17.2. The molecule has 1 saturated heterocycles. The van der Waals surface area contributed by atoms with Gasteiger partial charge in [0.25, 0.3) is 0 Å². The molecule has 0 aliphatic carbocycles. The van der Waals surface area contributed by atoms with E-state index < -0.39 is 16.1 Å². The van der Waals surface area contributed by atoms with Gasteiger partial charge in [-0.2, -0.15) is 0 Å². The molecule has 0 atom stereocenters. The molecule has 126 valence electrons. The van der Waals surface area contributed by atoms with Crippen molar-refractivity contribution in [2.45, 2.75) is 19.8 Å². The molecule has 0 bridgehead atoms. The summed E-state index contributed by atoms with van der Waals surface area (Å²) >= 11 is 0. The zero-order valence-electron chi connectivity index (χ0n) is 12.7. The average molecular weight is 341 g/mol. The van der Waals surface area contributed by atoms with E-state index in [1.165, 1.54) is 4.90 Å². The largest absolute Gasteiger partial charge is 0.447 e. The van der Waals surface area contributed by atoms with E-state index in [0.717, 1.165) is 5.56 Å². The second-order valence-electron chi connectivity index (χ2n) is 5.23. The number of benzene rings is 1. The zero-order chi connectivity index (χ0) is 17.0. The van der Waals surface area contributed by atoms with E-state index in [1.54, 1.807) is 25.1 Å². The Morgan fingerprint density at radius 3 is 2.78 bits per heavy atom. The van der Waals surface area contributed by atoms with Gasteiger partial charge in [0.15, 0.2) is 0 Å². The van der Waals surface area contributed by atoms with Crippen LogP contribution in [0.3, 0.4) is 0 Å². The SMILES string of the molecule is Cc1c(NC(=O)CCCS(N)(=O)=O)cccc1N1CCOC1=O. The third-order valence-corrected chi connectivity index (χ3v) is 4.32. The molecule has 0 aromatic heterocycles. The minimum absolute atomic E-state index is 0.0475. The van der Waals surface area contributed by atoms with Crippen LogP contribution < -0.4 is 15.4 Å². The third kappa shape index (κ3) is 4.67. The van der Waals surface area contributed by atoms with Crippen LogP contribution in [0.5, 0.6) is 0 Å². The highest BCUT2D eigenvalue weighted by Gasteiger charge is 2.25. The van der Waals surface area contributed by atoms with Gasteiger partial charge in [-0.05, 0) is 31.0 Å². The summed E-state index contributed by atoms with van der Waals surface area (Å²) in [6, 6.07) is 5.23. The molecule has 23 heavy (non-hydrogen) atoms. The molecule has 2 rings (SSSR count). The molecule has 1 fully saturated rings. The standard InChI is InChI=1S/C14H19N3O5S/c1-10-11(16-13(18)6-3-9-23(15,20)21)4-2-5-12(10)17-7-8-22-14(17)19/h2,4-5H,3,6-9H2,1H3,(H,16,18)(H2,15,20,21). The van der Waals surface area contributed by atoms with Crippen molar-refractivity contribution in [3.63, 3.8) is 0 Å². The number of hydrogen-bond donors (Lipinski definition) is 2. The molecule has 1 aliphatic rings. The third-order valence-electron chi connectivity index (χ3n) is 3.46. The number of primary sulfonamides is 1. The van der Waals surface area contributed by atoms with E-state index in [9.17, 15) is 18.0 Å². The predicted octanol–water partition coefficient (Wildman–Crippen LogP) is 0.959. The molecule has 1 heterocycles. The molecule has 2 amide bonds. The highest BCUT2D eigenvalue weighted by atomic mass is 32.2. The first-order chi connectivity index (χ1) is 10.8. The van der Waals surface area contributed by atoms with E-state index in [0.29, 0.717) is 24.5 Å². The maximum atomic E-state index is 11.9. The Balaban J connectivity index is 2.03. The van der Waals surface area contributed by atoms with Crippen LogP contribution in [0.2, 0.25) is 0 Å². The lowest BCUT2D eigenvalue weighted by Crippen LogP contribution is -2.24. The van der Waals surface area contributed by atoms with E-state index in [2.05, 4.69) is 5.32 Å². The number of cyclic esters (lactones) is 1. The van der Waals surface area contributed by atoms with Gasteiger partial charge in [0.05, 0.1) is 18.0 Å². The van der Waals surface area contributed by atoms with E-state index in [1.807, 2.05) is 0 Å². The highest BCUT2D eigenvalue weighted by Crippen LogP contribution is 2.28. The fourth-order valence-corrected chi connectivity index (χ4v) is 2.86. The predicted molar refractivity (Wildman–Crippen MR) is 85.7 cm³/mol. The number of carbonyl (C=O) groups excluding carboxylic acids is 2. The number of rotatable bonds is 6. The molecule has 1 aliphatic heterocycles. The summed E-state index contributed by atoms with van der Waals surface area (Å²) in [4.78, 5) is 25.0. The second kappa shape index (κ2) is 6.97. The molecule has 0 spiro atoms. The first-order valence-corrected chi connectivity index (χ1v) is 8.84. The Kier molecular flexibility index (Phi) is 5.22. The van der Waals surface area contributed by atoms with Gasteiger partial charge in [0.1, 0.15) is 6.61 Å². The van der Waals surface area contributed by atoms with Crippen molar-refractivity contribution in [2.75, 3.05) is 29.1 Å². The number of anilines is 2. The van der Waals surface area contributed by atoms with Crippen LogP contribution in [0, 0.1) is 6.92 Å². The van der Waals surface area contributed by atoms with Crippen molar-refractivity contribution in [2.24, 2.45) is 5.14 Å². The van der Waals surface area contributed by atoms with Crippen LogP contribution in [0.15, 0.2) is 18.2 Å². The summed E-state index contributed by atoms with van der Waals surface area (Å²) in [6.45, 7) is 2.59. The van der Waals surface area contributed by atoms with E-state index in [4.69, 9.17) is 9.88 Å². The molecular weight excluding hydrogens is 322 g/mol. The molecule has 1 aromatic carbocycles. The topological polar surface area (TPSA) is 119 Å². The number of ether oxygens (including phenoxy) is 1. The Morgan fingerprint density at radius 2 is 2.17 bits per heavy atom. The number of nitrogens with two attached hydrogens (primary N) is 1. The Hall–Kier alpha value is -2.13. The minimum Gasteiger partial charge on any atom is -0.447 e. The smallest absolute Gasteiger partial charge is 0.414 e. The lowest BCUT2D eigenvalue weighted by Gasteiger charge is -2.18. The van der Waals surface area contributed by atoms with Gasteiger partial charge >= 0.3 is 6.09 Å². The summed E-state index contributed by atoms with van der Waals surface area (Å²) in [5.41, 5.74) is 1.99. The van der Waals surface area contributed by atoms with Gasteiger partial charge < -0.3 is 10.1 Å². The lowest BCUT2D eigenvalue weighted by molar-refractivity contribution is -0.116. The Labute approximate surface area is 134 Å². The fourth-order valence-electron chi connectivity index (χ4n) is 2.31. The Bertz CT molecular complexity index is 717. The van der Waals surface area contributed by atoms with Crippen LogP contribution in [0.4, 0.5) is 16.2 Å². The maximum absolute atomic E-state index is 11.9. The Morgan fingerprint density at radius 1 is 1.43 bits per heavy atom. The fraction of sp³-hybridized carbons (Fsp3) is 0.429. The molecule has 3 N–H and O–H groups in total. The number of nitrogens with zero attached hydrogens (tertiary/aromatic N) is 1. The van der Waals surface area contributed by atoms with Crippen LogP contribution in [0.25, 0.3) is 0 Å². The van der Waals surface area contributed by atoms with Gasteiger partial charge in [-0.15, -0.1) is 0 Å². The first-order valence-electron chi connectivity index (χ1n) is 7.12. The van der Waals surface area contributed by atoms with E-state index >= 15 is 0 Å². The van der Waals surface area contributed by atoms with Gasteiger partial charge in [0, 0.05) is 12.1 Å². The van der Waals surface area contributed by atoms with Gasteiger partial charge in [0.2, 0.25) is 15.9 Å². The normalized spacial score (nSPS) is 14.7. The number of sulfonamides is 1. The molecule has 9 heteroatoms. The summed E-state index contributed by atoms with van der Waals surface area (Å²) in [5, 5.41) is 7.61. The molecular formula is C14H19N3O5S. The molecule has 1 aromatic rings. The number of nitrogens with one attached hydrogen (secondary N) is 1. The molecule has 0 radical (unpaired) electrons. The number of carbonyl (C=O) groups is 2. The van der Waals surface area contributed by atoms with Crippen molar-refractivity contribution in [3.8, 4) is 0 Å². The van der Waals surface area contributed by atoms with Crippen LogP contribution >= 0.6 is 0 Å². The van der Waals surface area contributed by atoms with Crippen LogP contribution in [-0.2, 0) is 19.6 Å². The maximum Gasteiger partial charge on any atom is 0.414 e. The average Bonchev–Trinajstić information content (AvgIpc) is 2.86.